The molecule has 0 amide bonds. The predicted octanol–water partition coefficient (Wildman–Crippen LogP) is 3.43. The van der Waals surface area contributed by atoms with Crippen LogP contribution >= 0.6 is 0 Å². The Balaban J connectivity index is 2.65. The Bertz CT molecular complexity index is 328. The van der Waals surface area contributed by atoms with Crippen molar-refractivity contribution in [1.29, 1.82) is 0 Å². The van der Waals surface area contributed by atoms with Crippen molar-refractivity contribution in [1.82, 2.24) is 9.55 Å². The lowest BCUT2D eigenvalue weighted by atomic mass is 9.99. The predicted molar refractivity (Wildman–Crippen MR) is 72.9 cm³/mol. The molecule has 1 heterocycles. The molecular weight excluding hydrogens is 210 g/mol. The summed E-state index contributed by atoms with van der Waals surface area (Å²) in [6, 6.07) is 0.0330. The Kier molecular flexibility index (Phi) is 5.69. The van der Waals surface area contributed by atoms with Crippen molar-refractivity contribution in [2.45, 2.75) is 66.0 Å². The quantitative estimate of drug-likeness (QED) is 0.789. The highest BCUT2D eigenvalue weighted by molar-refractivity contribution is 5.06. The third-order valence-corrected chi connectivity index (χ3v) is 3.46. The maximum absolute atomic E-state index is 5.86. The van der Waals surface area contributed by atoms with Crippen LogP contribution in [-0.4, -0.2) is 9.55 Å². The fourth-order valence-corrected chi connectivity index (χ4v) is 2.13. The van der Waals surface area contributed by atoms with Gasteiger partial charge in [0.05, 0.1) is 5.69 Å². The Morgan fingerprint density at radius 2 is 2.12 bits per heavy atom. The molecule has 0 saturated carbocycles. The fourth-order valence-electron chi connectivity index (χ4n) is 2.13. The van der Waals surface area contributed by atoms with E-state index in [1.165, 1.54) is 25.7 Å². The molecule has 98 valence electrons. The summed E-state index contributed by atoms with van der Waals surface area (Å²) in [5, 5.41) is 0. The number of nitrogens with zero attached hydrogens (tertiary/aromatic N) is 2. The van der Waals surface area contributed by atoms with Gasteiger partial charge >= 0.3 is 0 Å². The van der Waals surface area contributed by atoms with Crippen LogP contribution in [0.5, 0.6) is 0 Å². The lowest BCUT2D eigenvalue weighted by molar-refractivity contribution is 0.387. The number of hydrogen-bond acceptors (Lipinski definition) is 2. The number of hydrogen-bond donors (Lipinski definition) is 1. The summed E-state index contributed by atoms with van der Waals surface area (Å²) in [5.41, 5.74) is 6.87. The van der Waals surface area contributed by atoms with E-state index in [2.05, 4.69) is 36.5 Å². The van der Waals surface area contributed by atoms with Crippen LogP contribution in [-0.2, 0) is 6.54 Å². The third-order valence-electron chi connectivity index (χ3n) is 3.46. The molecule has 17 heavy (non-hydrogen) atoms. The van der Waals surface area contributed by atoms with Gasteiger partial charge in [0.2, 0.25) is 0 Å². The Hall–Kier alpha value is -0.830. The van der Waals surface area contributed by atoms with E-state index in [-0.39, 0.29) is 6.04 Å². The van der Waals surface area contributed by atoms with E-state index in [0.717, 1.165) is 24.0 Å². The summed E-state index contributed by atoms with van der Waals surface area (Å²) in [7, 11) is 0. The first kappa shape index (κ1) is 14.2. The second-order valence-corrected chi connectivity index (χ2v) is 5.07. The zero-order valence-electron chi connectivity index (χ0n) is 11.7. The molecule has 3 heteroatoms. The maximum Gasteiger partial charge on any atom is 0.105 e. The Morgan fingerprint density at radius 1 is 1.41 bits per heavy atom. The average molecular weight is 237 g/mol. The molecule has 3 nitrogen and oxygen atoms in total. The lowest BCUT2D eigenvalue weighted by Crippen LogP contribution is -2.11. The number of nitrogens with two attached hydrogens (primary N) is 1. The van der Waals surface area contributed by atoms with Crippen molar-refractivity contribution in [2.75, 3.05) is 0 Å². The van der Waals surface area contributed by atoms with E-state index in [1.807, 2.05) is 6.92 Å². The van der Waals surface area contributed by atoms with Gasteiger partial charge in [0.15, 0.2) is 0 Å². The molecule has 0 aliphatic rings. The number of aryl methyl sites for hydroxylation is 1. The van der Waals surface area contributed by atoms with E-state index in [0.29, 0.717) is 0 Å². The first-order chi connectivity index (χ1) is 8.08. The van der Waals surface area contributed by atoms with Crippen LogP contribution in [0.4, 0.5) is 0 Å². The number of aromatic nitrogens is 2. The van der Waals surface area contributed by atoms with Gasteiger partial charge in [-0.05, 0) is 26.2 Å². The van der Waals surface area contributed by atoms with Gasteiger partial charge < -0.3 is 10.3 Å². The van der Waals surface area contributed by atoms with Gasteiger partial charge in [0.1, 0.15) is 5.82 Å². The van der Waals surface area contributed by atoms with Crippen LogP contribution < -0.4 is 5.73 Å². The highest BCUT2D eigenvalue weighted by atomic mass is 15.1. The standard InChI is InChI=1S/C14H27N3/c1-5-7-8-13(6-2)9-17-10-14(11(3)15)16-12(17)4/h10-11,13H,5-9,15H2,1-4H3. The Labute approximate surface area is 105 Å². The largest absolute Gasteiger partial charge is 0.335 e. The molecule has 1 aromatic rings. The smallest absolute Gasteiger partial charge is 0.105 e. The first-order valence-corrected chi connectivity index (χ1v) is 6.87. The Morgan fingerprint density at radius 3 is 2.59 bits per heavy atom. The minimum atomic E-state index is 0.0330. The van der Waals surface area contributed by atoms with E-state index >= 15 is 0 Å². The van der Waals surface area contributed by atoms with Crippen molar-refractivity contribution < 1.29 is 0 Å². The molecular formula is C14H27N3. The van der Waals surface area contributed by atoms with Gasteiger partial charge in [-0.15, -0.1) is 0 Å². The zero-order chi connectivity index (χ0) is 12.8. The highest BCUT2D eigenvalue weighted by Gasteiger charge is 2.11. The van der Waals surface area contributed by atoms with E-state index < -0.39 is 0 Å². The van der Waals surface area contributed by atoms with Crippen molar-refractivity contribution in [3.05, 3.63) is 17.7 Å². The van der Waals surface area contributed by atoms with Gasteiger partial charge in [-0.3, -0.25) is 0 Å². The molecule has 0 aliphatic heterocycles. The molecule has 2 unspecified atom stereocenters. The van der Waals surface area contributed by atoms with Crippen molar-refractivity contribution in [2.24, 2.45) is 11.7 Å². The molecule has 0 aliphatic carbocycles. The molecule has 0 fully saturated rings. The molecule has 1 rings (SSSR count). The monoisotopic (exact) mass is 237 g/mol. The third kappa shape index (κ3) is 4.15. The van der Waals surface area contributed by atoms with Crippen molar-refractivity contribution >= 4 is 0 Å². The summed E-state index contributed by atoms with van der Waals surface area (Å²) in [4.78, 5) is 4.52. The van der Waals surface area contributed by atoms with Gasteiger partial charge in [-0.1, -0.05) is 33.1 Å². The molecule has 2 atom stereocenters. The second-order valence-electron chi connectivity index (χ2n) is 5.07. The zero-order valence-corrected chi connectivity index (χ0v) is 11.7. The lowest BCUT2D eigenvalue weighted by Gasteiger charge is -2.15. The summed E-state index contributed by atoms with van der Waals surface area (Å²) in [6.07, 6.45) is 7.29. The van der Waals surface area contributed by atoms with E-state index in [9.17, 15) is 0 Å². The molecule has 0 aromatic carbocycles. The van der Waals surface area contributed by atoms with Crippen LogP contribution in [0.25, 0.3) is 0 Å². The molecule has 2 N–H and O–H groups in total. The van der Waals surface area contributed by atoms with Gasteiger partial charge in [0.25, 0.3) is 0 Å². The molecule has 0 saturated heterocycles. The molecule has 0 bridgehead atoms. The molecule has 0 radical (unpaired) electrons. The summed E-state index contributed by atoms with van der Waals surface area (Å²) < 4.78 is 2.27. The summed E-state index contributed by atoms with van der Waals surface area (Å²) in [6.45, 7) is 9.67. The summed E-state index contributed by atoms with van der Waals surface area (Å²) >= 11 is 0. The van der Waals surface area contributed by atoms with Crippen LogP contribution in [0.2, 0.25) is 0 Å². The van der Waals surface area contributed by atoms with Gasteiger partial charge in [-0.2, -0.15) is 0 Å². The minimum absolute atomic E-state index is 0.0330. The SMILES string of the molecule is CCCCC(CC)Cn1cc(C(C)N)nc1C. The molecule has 1 aromatic heterocycles. The number of rotatable bonds is 7. The van der Waals surface area contributed by atoms with Crippen molar-refractivity contribution in [3.63, 3.8) is 0 Å². The second kappa shape index (κ2) is 6.80. The summed E-state index contributed by atoms with van der Waals surface area (Å²) in [5.74, 6) is 1.86. The highest BCUT2D eigenvalue weighted by Crippen LogP contribution is 2.17. The van der Waals surface area contributed by atoms with Crippen LogP contribution in [0, 0.1) is 12.8 Å². The fraction of sp³-hybridized carbons (Fsp3) is 0.786. The number of unbranched alkanes of at least 4 members (excludes halogenated alkanes) is 1. The normalized spacial score (nSPS) is 14.9. The van der Waals surface area contributed by atoms with Crippen LogP contribution in [0.15, 0.2) is 6.20 Å². The molecule has 0 spiro atoms. The van der Waals surface area contributed by atoms with Gasteiger partial charge in [0, 0.05) is 18.8 Å². The topological polar surface area (TPSA) is 43.8 Å². The number of imidazole rings is 1. The maximum atomic E-state index is 5.86. The average Bonchev–Trinajstić information content (AvgIpc) is 2.66. The minimum Gasteiger partial charge on any atom is -0.335 e. The van der Waals surface area contributed by atoms with Crippen LogP contribution in [0.1, 0.15) is 64.0 Å². The van der Waals surface area contributed by atoms with E-state index in [1.54, 1.807) is 0 Å². The van der Waals surface area contributed by atoms with Crippen LogP contribution in [0.3, 0.4) is 0 Å². The van der Waals surface area contributed by atoms with E-state index in [4.69, 9.17) is 5.73 Å². The van der Waals surface area contributed by atoms with Gasteiger partial charge in [-0.25, -0.2) is 4.98 Å². The first-order valence-electron chi connectivity index (χ1n) is 6.87. The van der Waals surface area contributed by atoms with Crippen molar-refractivity contribution in [3.8, 4) is 0 Å².